The normalized spacial score (nSPS) is 25.4. The summed E-state index contributed by atoms with van der Waals surface area (Å²) in [4.78, 5) is 25.3. The minimum absolute atomic E-state index is 0.0447. The van der Waals surface area contributed by atoms with E-state index < -0.39 is 34.1 Å². The van der Waals surface area contributed by atoms with Gasteiger partial charge in [-0.25, -0.2) is 13.6 Å². The molecule has 0 bridgehead atoms. The number of carboxylic acid groups (broad SMARTS) is 1. The fraction of sp³-hybridized carbons (Fsp3) is 0.444. The van der Waals surface area contributed by atoms with Crippen LogP contribution in [0.15, 0.2) is 17.1 Å². The molecule has 2 heterocycles. The summed E-state index contributed by atoms with van der Waals surface area (Å²) in [5.41, 5.74) is 3.88. The average molecular weight is 363 g/mol. The van der Waals surface area contributed by atoms with Crippen LogP contribution in [0, 0.1) is 11.6 Å². The predicted octanol–water partition coefficient (Wildman–Crippen LogP) is 2.24. The number of benzene rings is 1. The van der Waals surface area contributed by atoms with Crippen molar-refractivity contribution >= 4 is 22.6 Å². The Morgan fingerprint density at radius 3 is 2.54 bits per heavy atom. The largest absolute Gasteiger partial charge is 0.477 e. The van der Waals surface area contributed by atoms with Crippen LogP contribution in [0.3, 0.4) is 0 Å². The topological polar surface area (TPSA) is 88.6 Å². The summed E-state index contributed by atoms with van der Waals surface area (Å²) >= 11 is 0. The number of aromatic nitrogens is 1. The number of pyridine rings is 1. The first-order valence-electron chi connectivity index (χ1n) is 8.49. The average Bonchev–Trinajstić information content (AvgIpc) is 3.39. The first kappa shape index (κ1) is 17.0. The molecule has 0 amide bonds. The van der Waals surface area contributed by atoms with Crippen LogP contribution in [0.1, 0.15) is 43.1 Å². The fourth-order valence-electron chi connectivity index (χ4n) is 3.64. The van der Waals surface area contributed by atoms with Crippen LogP contribution >= 0.6 is 0 Å². The standard InChI is InChI=1S/C18H19F2N3O3/c1-8-18(2,21)7-23(8)15-12(19)5-10-14(13(15)20)22(9-3-4-9)6-11(16(10)24)17(25)26/h5-6,8-9H,3-4,7,21H2,1-2H3,(H,25,26)/t8-,18-/m1/s1. The van der Waals surface area contributed by atoms with Crippen molar-refractivity contribution in [2.75, 3.05) is 11.4 Å². The number of anilines is 1. The molecule has 3 N–H and O–H groups in total. The van der Waals surface area contributed by atoms with E-state index in [0.29, 0.717) is 0 Å². The van der Waals surface area contributed by atoms with Gasteiger partial charge < -0.3 is 20.3 Å². The summed E-state index contributed by atoms with van der Waals surface area (Å²) in [5, 5.41) is 9.00. The van der Waals surface area contributed by atoms with E-state index in [1.165, 1.54) is 15.7 Å². The zero-order chi connectivity index (χ0) is 19.0. The van der Waals surface area contributed by atoms with Crippen molar-refractivity contribution in [3.63, 3.8) is 0 Å². The molecule has 138 valence electrons. The molecule has 0 spiro atoms. The van der Waals surface area contributed by atoms with Crippen LogP contribution in [0.25, 0.3) is 10.9 Å². The summed E-state index contributed by atoms with van der Waals surface area (Å²) in [5.74, 6) is -3.14. The zero-order valence-corrected chi connectivity index (χ0v) is 14.4. The highest BCUT2D eigenvalue weighted by molar-refractivity contribution is 5.94. The Kier molecular flexibility index (Phi) is 3.43. The molecule has 4 rings (SSSR count). The van der Waals surface area contributed by atoms with Gasteiger partial charge >= 0.3 is 5.97 Å². The van der Waals surface area contributed by atoms with Crippen molar-refractivity contribution in [2.24, 2.45) is 5.73 Å². The molecule has 2 fully saturated rings. The first-order chi connectivity index (χ1) is 12.1. The third-order valence-corrected chi connectivity index (χ3v) is 5.57. The number of hydrogen-bond donors (Lipinski definition) is 2. The highest BCUT2D eigenvalue weighted by atomic mass is 19.1. The van der Waals surface area contributed by atoms with Gasteiger partial charge in [0.2, 0.25) is 5.43 Å². The quantitative estimate of drug-likeness (QED) is 0.873. The maximum Gasteiger partial charge on any atom is 0.341 e. The van der Waals surface area contributed by atoms with Gasteiger partial charge in [0.25, 0.3) is 0 Å². The Morgan fingerprint density at radius 2 is 2.04 bits per heavy atom. The second-order valence-electron chi connectivity index (χ2n) is 7.54. The van der Waals surface area contributed by atoms with E-state index in [9.17, 15) is 19.1 Å². The number of halogens is 2. The van der Waals surface area contributed by atoms with Crippen molar-refractivity contribution in [1.82, 2.24) is 4.57 Å². The molecule has 2 aromatic rings. The van der Waals surface area contributed by atoms with Crippen molar-refractivity contribution in [3.05, 3.63) is 39.7 Å². The number of rotatable bonds is 3. The predicted molar refractivity (Wildman–Crippen MR) is 92.8 cm³/mol. The molecule has 0 unspecified atom stereocenters. The molecule has 1 aromatic carbocycles. The number of carbonyl (C=O) groups is 1. The lowest BCUT2D eigenvalue weighted by Crippen LogP contribution is -2.72. The molecule has 6 nitrogen and oxygen atoms in total. The molecule has 0 radical (unpaired) electrons. The van der Waals surface area contributed by atoms with E-state index in [0.717, 1.165) is 18.9 Å². The van der Waals surface area contributed by atoms with Crippen molar-refractivity contribution < 1.29 is 18.7 Å². The summed E-state index contributed by atoms with van der Waals surface area (Å²) in [7, 11) is 0. The Bertz CT molecular complexity index is 1010. The molecule has 1 aromatic heterocycles. The summed E-state index contributed by atoms with van der Waals surface area (Å²) in [6, 6.07) is 0.584. The van der Waals surface area contributed by atoms with Gasteiger partial charge in [0, 0.05) is 24.8 Å². The second-order valence-corrected chi connectivity index (χ2v) is 7.54. The summed E-state index contributed by atoms with van der Waals surface area (Å²) in [6.45, 7) is 3.88. The molecular weight excluding hydrogens is 344 g/mol. The van der Waals surface area contributed by atoms with Crippen LogP contribution < -0.4 is 16.1 Å². The van der Waals surface area contributed by atoms with Crippen molar-refractivity contribution in [1.29, 1.82) is 0 Å². The molecule has 8 heteroatoms. The smallest absolute Gasteiger partial charge is 0.341 e. The second kappa shape index (κ2) is 5.26. The Morgan fingerprint density at radius 1 is 1.38 bits per heavy atom. The van der Waals surface area contributed by atoms with Gasteiger partial charge in [-0.05, 0) is 32.8 Å². The molecule has 1 saturated carbocycles. The fourth-order valence-corrected chi connectivity index (χ4v) is 3.64. The van der Waals surface area contributed by atoms with Crippen LogP contribution in [0.4, 0.5) is 14.5 Å². The van der Waals surface area contributed by atoms with Gasteiger partial charge in [-0.1, -0.05) is 0 Å². The van der Waals surface area contributed by atoms with Crippen LogP contribution in [0.2, 0.25) is 0 Å². The molecule has 26 heavy (non-hydrogen) atoms. The highest BCUT2D eigenvalue weighted by Gasteiger charge is 2.45. The zero-order valence-electron chi connectivity index (χ0n) is 14.4. The maximum atomic E-state index is 15.4. The van der Waals surface area contributed by atoms with Crippen molar-refractivity contribution in [3.8, 4) is 0 Å². The number of fused-ring (bicyclic) bond motifs is 1. The monoisotopic (exact) mass is 363 g/mol. The van der Waals surface area contributed by atoms with E-state index in [4.69, 9.17) is 5.73 Å². The number of nitrogens with two attached hydrogens (primary N) is 1. The Labute approximate surface area is 147 Å². The Balaban J connectivity index is 2.01. The molecule has 1 aliphatic heterocycles. The van der Waals surface area contributed by atoms with E-state index in [-0.39, 0.29) is 35.2 Å². The van der Waals surface area contributed by atoms with Gasteiger partial charge in [0.05, 0.1) is 16.4 Å². The summed E-state index contributed by atoms with van der Waals surface area (Å²) in [6.07, 6.45) is 2.68. The van der Waals surface area contributed by atoms with Gasteiger partial charge in [0.1, 0.15) is 17.1 Å². The van der Waals surface area contributed by atoms with E-state index in [1.54, 1.807) is 6.92 Å². The number of hydrogen-bond acceptors (Lipinski definition) is 4. The molecule has 2 aliphatic rings. The number of carboxylic acids is 1. The van der Waals surface area contributed by atoms with Crippen LogP contribution in [0.5, 0.6) is 0 Å². The van der Waals surface area contributed by atoms with E-state index in [2.05, 4.69) is 0 Å². The van der Waals surface area contributed by atoms with E-state index in [1.807, 2.05) is 6.92 Å². The number of aromatic carboxylic acids is 1. The van der Waals surface area contributed by atoms with Gasteiger partial charge in [-0.2, -0.15) is 0 Å². The van der Waals surface area contributed by atoms with Crippen LogP contribution in [-0.4, -0.2) is 33.8 Å². The third kappa shape index (κ3) is 2.25. The minimum atomic E-state index is -1.41. The molecule has 1 aliphatic carbocycles. The molecular formula is C18H19F2N3O3. The Hall–Kier alpha value is -2.48. The third-order valence-electron chi connectivity index (χ3n) is 5.57. The molecule has 1 saturated heterocycles. The SMILES string of the molecule is C[C@H]1N(c2c(F)cc3c(=O)c(C(=O)O)cn(C4CC4)c3c2F)C[C@@]1(C)N. The van der Waals surface area contributed by atoms with Gasteiger partial charge in [-0.15, -0.1) is 0 Å². The lowest BCUT2D eigenvalue weighted by molar-refractivity contribution is 0.0694. The number of nitrogens with zero attached hydrogens (tertiary/aromatic N) is 2. The van der Waals surface area contributed by atoms with Crippen molar-refractivity contribution in [2.45, 2.75) is 44.3 Å². The minimum Gasteiger partial charge on any atom is -0.477 e. The van der Waals surface area contributed by atoms with E-state index >= 15 is 4.39 Å². The van der Waals surface area contributed by atoms with Gasteiger partial charge in [-0.3, -0.25) is 4.79 Å². The lowest BCUT2D eigenvalue weighted by atomic mass is 9.83. The van der Waals surface area contributed by atoms with Crippen LogP contribution in [-0.2, 0) is 0 Å². The molecule has 2 atom stereocenters. The van der Waals surface area contributed by atoms with Gasteiger partial charge in [0.15, 0.2) is 5.82 Å². The maximum absolute atomic E-state index is 15.4. The lowest BCUT2D eigenvalue weighted by Gasteiger charge is -2.53. The first-order valence-corrected chi connectivity index (χ1v) is 8.49. The highest BCUT2D eigenvalue weighted by Crippen LogP contribution is 2.42. The summed E-state index contributed by atoms with van der Waals surface area (Å²) < 4.78 is 31.5.